The third-order valence-corrected chi connectivity index (χ3v) is 7.39. The van der Waals surface area contributed by atoms with Gasteiger partial charge in [-0.05, 0) is 49.1 Å². The molecule has 2 aromatic rings. The molecule has 0 saturated carbocycles. The number of para-hydroxylation sites is 2. The van der Waals surface area contributed by atoms with Crippen molar-refractivity contribution in [3.05, 3.63) is 65.9 Å². The van der Waals surface area contributed by atoms with Gasteiger partial charge in [0, 0.05) is 42.5 Å². The van der Waals surface area contributed by atoms with Crippen LogP contribution in [0.25, 0.3) is 0 Å². The van der Waals surface area contributed by atoms with Crippen LogP contribution < -0.4 is 15.5 Å². The van der Waals surface area contributed by atoms with E-state index in [0.29, 0.717) is 19.4 Å². The molecule has 3 N–H and O–H groups in total. The van der Waals surface area contributed by atoms with Gasteiger partial charge < -0.3 is 20.5 Å². The van der Waals surface area contributed by atoms with Crippen molar-refractivity contribution in [3.63, 3.8) is 0 Å². The molecule has 0 fully saturated rings. The number of ketones is 1. The molecule has 1 aromatic heterocycles. The van der Waals surface area contributed by atoms with Gasteiger partial charge in [-0.25, -0.2) is 4.98 Å². The molecule has 1 amide bonds. The molecule has 3 aliphatic rings. The quantitative estimate of drug-likeness (QED) is 0.542. The third kappa shape index (κ3) is 5.04. The summed E-state index contributed by atoms with van der Waals surface area (Å²) in [5.74, 6) is 0.449. The van der Waals surface area contributed by atoms with Crippen LogP contribution in [0.1, 0.15) is 51.6 Å². The Labute approximate surface area is 207 Å². The van der Waals surface area contributed by atoms with Gasteiger partial charge in [0.2, 0.25) is 5.91 Å². The Bertz CT molecular complexity index is 1150. The number of benzene rings is 1. The summed E-state index contributed by atoms with van der Waals surface area (Å²) in [6.45, 7) is 5.07. The van der Waals surface area contributed by atoms with Gasteiger partial charge in [-0.3, -0.25) is 9.59 Å². The lowest BCUT2D eigenvalue weighted by Crippen LogP contribution is -2.50. The fourth-order valence-electron chi connectivity index (χ4n) is 5.83. The highest BCUT2D eigenvalue weighted by atomic mass is 16.2. The maximum atomic E-state index is 13.7. The molecule has 0 unspecified atom stereocenters. The Hall–Kier alpha value is -3.35. The monoisotopic (exact) mass is 473 g/mol. The van der Waals surface area contributed by atoms with Crippen LogP contribution >= 0.6 is 0 Å². The standard InChI is InChI=1S/C28H35N5O2/c1-28(2)14-22-26(24(34)15-28)27(19-8-4-3-5-9-19)33(23-11-7-6-10-21(23)32-22)17-25(35)30-13-12-20-16-29-18-31-20/h3-4,6-7,10-11,16,18-19,27,32H,5,8-9,12-15,17H2,1-2H3,(H,29,31)(H,30,35)/t19-,27-/m1/s1. The molecule has 1 aromatic carbocycles. The summed E-state index contributed by atoms with van der Waals surface area (Å²) >= 11 is 0. The number of fused-ring (bicyclic) bond motifs is 1. The Kier molecular flexibility index (Phi) is 6.50. The first-order valence-electron chi connectivity index (χ1n) is 12.7. The van der Waals surface area contributed by atoms with E-state index in [1.807, 2.05) is 12.1 Å². The molecular formula is C28H35N5O2. The van der Waals surface area contributed by atoms with Crippen LogP contribution in [0, 0.1) is 11.3 Å². The second-order valence-electron chi connectivity index (χ2n) is 10.8. The zero-order valence-electron chi connectivity index (χ0n) is 20.6. The van der Waals surface area contributed by atoms with Crippen LogP contribution in [-0.2, 0) is 16.0 Å². The van der Waals surface area contributed by atoms with E-state index in [9.17, 15) is 9.59 Å². The highest BCUT2D eigenvalue weighted by Gasteiger charge is 2.43. The van der Waals surface area contributed by atoms with Crippen LogP contribution in [0.2, 0.25) is 0 Å². The fraction of sp³-hybridized carbons (Fsp3) is 0.464. The Morgan fingerprint density at radius 2 is 2.09 bits per heavy atom. The van der Waals surface area contributed by atoms with E-state index in [4.69, 9.17) is 0 Å². The molecule has 0 bridgehead atoms. The predicted octanol–water partition coefficient (Wildman–Crippen LogP) is 4.37. The highest BCUT2D eigenvalue weighted by Crippen LogP contribution is 2.46. The van der Waals surface area contributed by atoms with Crippen molar-refractivity contribution < 1.29 is 9.59 Å². The molecule has 1 aliphatic heterocycles. The second kappa shape index (κ2) is 9.72. The predicted molar refractivity (Wildman–Crippen MR) is 138 cm³/mol. The number of anilines is 2. The van der Waals surface area contributed by atoms with Crippen molar-refractivity contribution >= 4 is 23.1 Å². The number of nitrogens with zero attached hydrogens (tertiary/aromatic N) is 2. The molecule has 184 valence electrons. The molecule has 2 heterocycles. The Balaban J connectivity index is 1.49. The molecule has 0 radical (unpaired) electrons. The lowest BCUT2D eigenvalue weighted by molar-refractivity contribution is -0.120. The van der Waals surface area contributed by atoms with Gasteiger partial charge in [0.15, 0.2) is 5.78 Å². The number of rotatable bonds is 6. The van der Waals surface area contributed by atoms with Gasteiger partial charge in [-0.15, -0.1) is 0 Å². The van der Waals surface area contributed by atoms with Crippen molar-refractivity contribution in [2.75, 3.05) is 23.3 Å². The number of allylic oxidation sites excluding steroid dienone is 3. The lowest BCUT2D eigenvalue weighted by Gasteiger charge is -2.41. The molecule has 2 aliphatic carbocycles. The summed E-state index contributed by atoms with van der Waals surface area (Å²) in [5, 5.41) is 6.71. The first-order valence-corrected chi connectivity index (χ1v) is 12.7. The Morgan fingerprint density at radius 1 is 1.23 bits per heavy atom. The van der Waals surface area contributed by atoms with Gasteiger partial charge in [0.25, 0.3) is 0 Å². The molecule has 0 saturated heterocycles. The highest BCUT2D eigenvalue weighted by molar-refractivity contribution is 6.01. The molecule has 5 rings (SSSR count). The first kappa shape index (κ1) is 23.4. The van der Waals surface area contributed by atoms with Gasteiger partial charge in [0.1, 0.15) is 0 Å². The molecular weight excluding hydrogens is 438 g/mol. The van der Waals surface area contributed by atoms with E-state index in [0.717, 1.165) is 54.0 Å². The third-order valence-electron chi connectivity index (χ3n) is 7.39. The average Bonchev–Trinajstić information content (AvgIpc) is 3.30. The number of aromatic amines is 1. The summed E-state index contributed by atoms with van der Waals surface area (Å²) in [5.41, 5.74) is 4.76. The van der Waals surface area contributed by atoms with E-state index in [1.54, 1.807) is 12.5 Å². The van der Waals surface area contributed by atoms with Gasteiger partial charge in [-0.1, -0.05) is 38.1 Å². The van der Waals surface area contributed by atoms with Gasteiger partial charge >= 0.3 is 0 Å². The number of aromatic nitrogens is 2. The summed E-state index contributed by atoms with van der Waals surface area (Å²) in [4.78, 5) is 36.2. The molecule has 2 atom stereocenters. The lowest BCUT2D eigenvalue weighted by atomic mass is 9.71. The number of H-pyrrole nitrogens is 1. The zero-order chi connectivity index (χ0) is 24.4. The van der Waals surface area contributed by atoms with E-state index in [1.165, 1.54) is 0 Å². The van der Waals surface area contributed by atoms with Crippen molar-refractivity contribution in [1.82, 2.24) is 15.3 Å². The number of nitrogens with one attached hydrogen (secondary N) is 3. The molecule has 35 heavy (non-hydrogen) atoms. The van der Waals surface area contributed by atoms with E-state index >= 15 is 0 Å². The first-order chi connectivity index (χ1) is 16.9. The summed E-state index contributed by atoms with van der Waals surface area (Å²) < 4.78 is 0. The number of hydrogen-bond donors (Lipinski definition) is 3. The molecule has 7 heteroatoms. The summed E-state index contributed by atoms with van der Waals surface area (Å²) in [7, 11) is 0. The number of imidazole rings is 1. The minimum atomic E-state index is -0.131. The van der Waals surface area contributed by atoms with Gasteiger partial charge in [0.05, 0.1) is 30.3 Å². The number of carbonyl (C=O) groups excluding carboxylic acids is 2. The second-order valence-corrected chi connectivity index (χ2v) is 10.8. The number of Topliss-reactive ketones (excluding diaryl/α,β-unsaturated/α-hetero) is 1. The largest absolute Gasteiger partial charge is 0.357 e. The average molecular weight is 474 g/mol. The van der Waals surface area contributed by atoms with Crippen LogP contribution in [0.15, 0.2) is 60.2 Å². The van der Waals surface area contributed by atoms with E-state index < -0.39 is 0 Å². The Morgan fingerprint density at radius 3 is 2.86 bits per heavy atom. The van der Waals surface area contributed by atoms with Crippen LogP contribution in [0.3, 0.4) is 0 Å². The minimum Gasteiger partial charge on any atom is -0.357 e. The normalized spacial score (nSPS) is 23.3. The van der Waals surface area contributed by atoms with Crippen molar-refractivity contribution in [3.8, 4) is 0 Å². The molecule has 7 nitrogen and oxygen atoms in total. The minimum absolute atomic E-state index is 0.0386. The smallest absolute Gasteiger partial charge is 0.239 e. The maximum Gasteiger partial charge on any atom is 0.239 e. The summed E-state index contributed by atoms with van der Waals surface area (Å²) in [6, 6.07) is 8.01. The van der Waals surface area contributed by atoms with Crippen LogP contribution in [0.4, 0.5) is 11.4 Å². The zero-order valence-corrected chi connectivity index (χ0v) is 20.6. The SMILES string of the molecule is CC1(C)CC(=O)C2=C(C1)Nc1ccccc1N(CC(=O)NCCc1cnc[nH]1)[C@@H]2[C@@H]1CC=CCC1. The van der Waals surface area contributed by atoms with Crippen molar-refractivity contribution in [2.45, 2.75) is 58.4 Å². The number of hydrogen-bond acceptors (Lipinski definition) is 5. The topological polar surface area (TPSA) is 90.1 Å². The van der Waals surface area contributed by atoms with E-state index in [2.05, 4.69) is 63.6 Å². The van der Waals surface area contributed by atoms with Crippen LogP contribution in [-0.4, -0.2) is 40.8 Å². The maximum absolute atomic E-state index is 13.7. The van der Waals surface area contributed by atoms with Crippen LogP contribution in [0.5, 0.6) is 0 Å². The number of amides is 1. The fourth-order valence-corrected chi connectivity index (χ4v) is 5.83. The van der Waals surface area contributed by atoms with Crippen molar-refractivity contribution in [2.24, 2.45) is 11.3 Å². The van der Waals surface area contributed by atoms with Gasteiger partial charge in [-0.2, -0.15) is 0 Å². The number of carbonyl (C=O) groups is 2. The summed E-state index contributed by atoms with van der Waals surface area (Å²) in [6.07, 6.45) is 12.9. The van der Waals surface area contributed by atoms with Crippen molar-refractivity contribution in [1.29, 1.82) is 0 Å². The van der Waals surface area contributed by atoms with E-state index in [-0.39, 0.29) is 35.6 Å². The molecule has 0 spiro atoms.